The number of carbonyl (C=O) groups is 1. The van der Waals surface area contributed by atoms with E-state index in [9.17, 15) is 4.79 Å². The third kappa shape index (κ3) is 18.2. The van der Waals surface area contributed by atoms with E-state index in [1.54, 1.807) is 0 Å². The first kappa shape index (κ1) is 20.2. The van der Waals surface area contributed by atoms with E-state index < -0.39 is 0 Å². The Morgan fingerprint density at radius 2 is 0.900 bits per heavy atom. The molecule has 0 N–H and O–H groups in total. The van der Waals surface area contributed by atoms with Crippen LogP contribution in [0.4, 0.5) is 0 Å². The first-order valence-corrected chi connectivity index (χ1v) is 9.63. The first-order chi connectivity index (χ1) is 9.77. The fourth-order valence-electron chi connectivity index (χ4n) is 2.67. The molecule has 2 heteroatoms. The van der Waals surface area contributed by atoms with Crippen molar-refractivity contribution in [3.05, 3.63) is 0 Å². The monoisotopic (exact) mass is 294 g/mol. The molecule has 0 bridgehead atoms. The molecular weight excluding hydrogens is 259 g/mol. The Hall–Kier alpha value is 0.202. The van der Waals surface area contributed by atoms with E-state index in [2.05, 4.69) is 23.2 Å². The summed E-state index contributed by atoms with van der Waals surface area (Å²) in [5, 5.41) is 0. The molecule has 1 nitrogen and oxygen atoms in total. The van der Waals surface area contributed by atoms with Crippen molar-refractivity contribution in [2.24, 2.45) is 0 Å². The Bertz CT molecular complexity index is 204. The van der Waals surface area contributed by atoms with Gasteiger partial charge in [-0.15, -0.1) is 0 Å². The predicted octanol–water partition coefficient (Wildman–Crippen LogP) is 5.94. The van der Waals surface area contributed by atoms with Crippen LogP contribution >= 0.6 is 0 Å². The van der Waals surface area contributed by atoms with Gasteiger partial charge in [-0.05, 0) is 0 Å². The summed E-state index contributed by atoms with van der Waals surface area (Å²) in [6.45, 7) is 2.28. The van der Waals surface area contributed by atoms with Crippen molar-refractivity contribution >= 4 is 20.9 Å². The Morgan fingerprint density at radius 1 is 0.600 bits per heavy atom. The second-order valence-electron chi connectivity index (χ2n) is 6.17. The van der Waals surface area contributed by atoms with Crippen LogP contribution in [0.5, 0.6) is 0 Å². The van der Waals surface area contributed by atoms with Crippen LogP contribution in [-0.4, -0.2) is 20.9 Å². The van der Waals surface area contributed by atoms with Gasteiger partial charge in [-0.2, -0.15) is 0 Å². The molecule has 0 radical (unpaired) electrons. The Kier molecular flexibility index (Phi) is 17.4. The normalized spacial score (nSPS) is 10.9. The van der Waals surface area contributed by atoms with Gasteiger partial charge in [-0.3, -0.25) is 0 Å². The molecule has 0 amide bonds. The SMILES string of the molecule is CCCCCCCCCCCCCCCCC[C](=O)[Al+2]. The van der Waals surface area contributed by atoms with E-state index in [0.29, 0.717) is 0 Å². The zero-order valence-electron chi connectivity index (χ0n) is 13.8. The molecule has 0 aromatic heterocycles. The van der Waals surface area contributed by atoms with Crippen LogP contribution in [0.2, 0.25) is 0 Å². The molecule has 0 aliphatic rings. The van der Waals surface area contributed by atoms with Gasteiger partial charge in [0.15, 0.2) is 0 Å². The molecule has 0 fully saturated rings. The van der Waals surface area contributed by atoms with E-state index >= 15 is 0 Å². The molecule has 0 unspecified atom stereocenters. The third-order valence-electron chi connectivity index (χ3n) is 4.03. The summed E-state index contributed by atoms with van der Waals surface area (Å²) in [4.78, 5) is 10.7. The predicted molar refractivity (Wildman–Crippen MR) is 90.3 cm³/mol. The van der Waals surface area contributed by atoms with Crippen molar-refractivity contribution in [3.63, 3.8) is 0 Å². The number of carbonyl (C=O) groups excluding carboxylic acids is 1. The molecule has 0 heterocycles. The topological polar surface area (TPSA) is 17.1 Å². The van der Waals surface area contributed by atoms with Crippen LogP contribution < -0.4 is 0 Å². The summed E-state index contributed by atoms with van der Waals surface area (Å²) < 4.78 is 0.264. The van der Waals surface area contributed by atoms with Crippen LogP contribution in [0.3, 0.4) is 0 Å². The maximum atomic E-state index is 10.7. The maximum absolute atomic E-state index is 10.7. The molecule has 0 saturated heterocycles. The minimum atomic E-state index is 0.264. The molecule has 0 aliphatic carbocycles. The van der Waals surface area contributed by atoms with Gasteiger partial charge in [0.1, 0.15) is 0 Å². The van der Waals surface area contributed by atoms with Crippen LogP contribution in [0.15, 0.2) is 0 Å². The summed E-state index contributed by atoms with van der Waals surface area (Å²) in [7, 11) is 0. The second kappa shape index (κ2) is 17.3. The molecule has 0 atom stereocenters. The summed E-state index contributed by atoms with van der Waals surface area (Å²) in [6.07, 6.45) is 21.4. The number of unbranched alkanes of at least 4 members (excludes halogenated alkanes) is 14. The number of rotatable bonds is 16. The second-order valence-corrected chi connectivity index (χ2v) is 6.81. The summed E-state index contributed by atoms with van der Waals surface area (Å²) >= 11 is 2.27. The Labute approximate surface area is 135 Å². The number of hydrogen-bond donors (Lipinski definition) is 0. The van der Waals surface area contributed by atoms with Gasteiger partial charge in [0, 0.05) is 0 Å². The molecule has 0 aromatic rings. The summed E-state index contributed by atoms with van der Waals surface area (Å²) in [5.41, 5.74) is 0. The molecule has 0 rings (SSSR count). The molecule has 0 spiro atoms. The number of hydrogen-bond acceptors (Lipinski definition) is 1. The zero-order chi connectivity index (χ0) is 14.9. The van der Waals surface area contributed by atoms with Crippen molar-refractivity contribution in [2.75, 3.05) is 0 Å². The summed E-state index contributed by atoms with van der Waals surface area (Å²) in [5.74, 6) is 0. The van der Waals surface area contributed by atoms with Gasteiger partial charge in [0.25, 0.3) is 0 Å². The molecule has 114 valence electrons. The van der Waals surface area contributed by atoms with Crippen LogP contribution in [0, 0.1) is 0 Å². The first-order valence-electron chi connectivity index (χ1n) is 9.05. The van der Waals surface area contributed by atoms with E-state index in [0.717, 1.165) is 12.8 Å². The third-order valence-corrected chi connectivity index (χ3v) is 4.32. The Balaban J connectivity index is 2.94. The fourth-order valence-corrected chi connectivity index (χ4v) is 2.87. The van der Waals surface area contributed by atoms with Crippen molar-refractivity contribution in [3.8, 4) is 0 Å². The minimum absolute atomic E-state index is 0.264. The van der Waals surface area contributed by atoms with Crippen LogP contribution in [0.25, 0.3) is 0 Å². The Morgan fingerprint density at radius 3 is 1.20 bits per heavy atom. The quantitative estimate of drug-likeness (QED) is 0.254. The molecule has 0 aliphatic heterocycles. The average Bonchev–Trinajstić information content (AvgIpc) is 2.43. The van der Waals surface area contributed by atoms with Crippen molar-refractivity contribution in [2.45, 2.75) is 110 Å². The standard InChI is InChI=1S/C18H35O.Al/c1-2-3-4-5-6-7-8-9-10-11-12-13-14-15-16-17-18-19;/h2-17H2,1H3;/q;+2. The van der Waals surface area contributed by atoms with E-state index in [1.165, 1.54) is 89.9 Å². The van der Waals surface area contributed by atoms with E-state index in [1.807, 2.05) is 0 Å². The molecule has 0 saturated carbocycles. The van der Waals surface area contributed by atoms with Crippen LogP contribution in [-0.2, 0) is 4.79 Å². The summed E-state index contributed by atoms with van der Waals surface area (Å²) in [6, 6.07) is 0. The van der Waals surface area contributed by atoms with Crippen molar-refractivity contribution in [1.29, 1.82) is 0 Å². The zero-order valence-corrected chi connectivity index (χ0v) is 15.0. The molecular formula is C18H35AlO+2. The van der Waals surface area contributed by atoms with Gasteiger partial charge < -0.3 is 0 Å². The fraction of sp³-hybridized carbons (Fsp3) is 0.944. The van der Waals surface area contributed by atoms with Gasteiger partial charge >= 0.3 is 96.4 Å². The molecule has 20 heavy (non-hydrogen) atoms. The van der Waals surface area contributed by atoms with E-state index in [4.69, 9.17) is 0 Å². The van der Waals surface area contributed by atoms with Crippen LogP contribution in [0.1, 0.15) is 110 Å². The van der Waals surface area contributed by atoms with Gasteiger partial charge in [0.2, 0.25) is 0 Å². The van der Waals surface area contributed by atoms with Gasteiger partial charge in [-0.1, -0.05) is 39.0 Å². The van der Waals surface area contributed by atoms with Gasteiger partial charge in [0.05, 0.1) is 0 Å². The van der Waals surface area contributed by atoms with Gasteiger partial charge in [-0.25, -0.2) is 0 Å². The van der Waals surface area contributed by atoms with Crippen molar-refractivity contribution < 1.29 is 4.79 Å². The average molecular weight is 294 g/mol. The van der Waals surface area contributed by atoms with E-state index in [-0.39, 0.29) is 4.65 Å². The van der Waals surface area contributed by atoms with Crippen molar-refractivity contribution in [1.82, 2.24) is 0 Å². The molecule has 0 aromatic carbocycles.